The lowest BCUT2D eigenvalue weighted by Crippen LogP contribution is -2.39. The number of thiazole rings is 1. The van der Waals surface area contributed by atoms with Gasteiger partial charge in [-0.05, 0) is 63.3 Å². The van der Waals surface area contributed by atoms with Gasteiger partial charge in [0.25, 0.3) is 5.91 Å². The van der Waals surface area contributed by atoms with Gasteiger partial charge in [-0.25, -0.2) is 0 Å². The van der Waals surface area contributed by atoms with Gasteiger partial charge >= 0.3 is 0 Å². The second-order valence-electron chi connectivity index (χ2n) is 8.45. The average Bonchev–Trinajstić information content (AvgIpc) is 3.44. The van der Waals surface area contributed by atoms with Crippen molar-refractivity contribution < 1.29 is 14.3 Å². The summed E-state index contributed by atoms with van der Waals surface area (Å²) in [6, 6.07) is 6.74. The first kappa shape index (κ1) is 22.0. The molecular formula is C24H31N3O3S. The number of hydrogen-bond donors (Lipinski definition) is 1. The van der Waals surface area contributed by atoms with E-state index in [1.54, 1.807) is 18.4 Å². The maximum atomic E-state index is 13.3. The van der Waals surface area contributed by atoms with E-state index in [1.165, 1.54) is 0 Å². The van der Waals surface area contributed by atoms with Crippen molar-refractivity contribution in [2.24, 2.45) is 0 Å². The maximum absolute atomic E-state index is 13.3. The summed E-state index contributed by atoms with van der Waals surface area (Å²) in [6.07, 6.45) is 8.02. The fourth-order valence-corrected chi connectivity index (χ4v) is 4.95. The molecule has 1 aliphatic carbocycles. The van der Waals surface area contributed by atoms with E-state index in [9.17, 15) is 4.79 Å². The highest BCUT2D eigenvalue weighted by atomic mass is 32.1. The van der Waals surface area contributed by atoms with E-state index in [-0.39, 0.29) is 18.1 Å². The van der Waals surface area contributed by atoms with Crippen molar-refractivity contribution in [1.29, 1.82) is 0 Å². The largest absolute Gasteiger partial charge is 0.382 e. The predicted molar refractivity (Wildman–Crippen MR) is 125 cm³/mol. The minimum Gasteiger partial charge on any atom is -0.382 e. The Balaban J connectivity index is 1.53. The van der Waals surface area contributed by atoms with Crippen LogP contribution in [0.5, 0.6) is 0 Å². The fourth-order valence-electron chi connectivity index (χ4n) is 4.34. The van der Waals surface area contributed by atoms with Crippen molar-refractivity contribution in [3.8, 4) is 10.4 Å². The summed E-state index contributed by atoms with van der Waals surface area (Å²) in [5.41, 5.74) is 4.68. The van der Waals surface area contributed by atoms with Crippen LogP contribution in [0.25, 0.3) is 21.3 Å². The van der Waals surface area contributed by atoms with Crippen LogP contribution < -0.4 is 5.32 Å². The number of ether oxygens (including phenoxy) is 2. The van der Waals surface area contributed by atoms with Gasteiger partial charge in [-0.15, -0.1) is 11.3 Å². The Morgan fingerprint density at radius 3 is 2.74 bits per heavy atom. The Hall–Kier alpha value is -2.22. The molecule has 2 aromatic heterocycles. The highest BCUT2D eigenvalue weighted by Crippen LogP contribution is 2.32. The van der Waals surface area contributed by atoms with Crippen molar-refractivity contribution in [2.75, 3.05) is 20.3 Å². The number of aromatic nitrogens is 2. The monoisotopic (exact) mass is 441 g/mol. The summed E-state index contributed by atoms with van der Waals surface area (Å²) in [4.78, 5) is 18.6. The Kier molecular flexibility index (Phi) is 7.05. The lowest BCUT2D eigenvalue weighted by Gasteiger charge is -2.29. The summed E-state index contributed by atoms with van der Waals surface area (Å²) in [6.45, 7) is 5.57. The predicted octanol–water partition coefficient (Wildman–Crippen LogP) is 5.05. The first-order chi connectivity index (χ1) is 15.1. The standard InChI is InChI=1S/C24H31N3O3S/c1-16(2)27-9-8-20-21(12-17(13-22(20)27)23-14-25-15-31-23)24(28)26-18-4-6-19(7-5-18)30-11-10-29-3/h8-9,12-16,18-19H,4-7,10-11H2,1-3H3,(H,26,28)/t18-,19-. The molecule has 1 aliphatic rings. The Bertz CT molecular complexity index is 1000. The maximum Gasteiger partial charge on any atom is 0.252 e. The van der Waals surface area contributed by atoms with Gasteiger partial charge in [0.15, 0.2) is 0 Å². The molecule has 0 bridgehead atoms. The van der Waals surface area contributed by atoms with Gasteiger partial charge in [-0.3, -0.25) is 9.78 Å². The van der Waals surface area contributed by atoms with Gasteiger partial charge in [-0.2, -0.15) is 0 Å². The molecule has 7 heteroatoms. The topological polar surface area (TPSA) is 65.4 Å². The van der Waals surface area contributed by atoms with Crippen LogP contribution in [0.2, 0.25) is 0 Å². The number of carbonyl (C=O) groups excluding carboxylic acids is 1. The molecule has 1 N–H and O–H groups in total. The Labute approximate surface area is 187 Å². The molecule has 0 spiro atoms. The van der Waals surface area contributed by atoms with Crippen LogP contribution >= 0.6 is 11.3 Å². The second kappa shape index (κ2) is 9.94. The summed E-state index contributed by atoms with van der Waals surface area (Å²) >= 11 is 1.59. The van der Waals surface area contributed by atoms with E-state index in [4.69, 9.17) is 9.47 Å². The molecule has 1 aromatic carbocycles. The summed E-state index contributed by atoms with van der Waals surface area (Å²) < 4.78 is 13.1. The number of amides is 1. The van der Waals surface area contributed by atoms with E-state index < -0.39 is 0 Å². The summed E-state index contributed by atoms with van der Waals surface area (Å²) in [5, 5.41) is 4.28. The molecule has 1 saturated carbocycles. The number of carbonyl (C=O) groups is 1. The Morgan fingerprint density at radius 2 is 2.06 bits per heavy atom. The van der Waals surface area contributed by atoms with Crippen molar-refractivity contribution in [2.45, 2.75) is 57.7 Å². The molecule has 0 aliphatic heterocycles. The number of methoxy groups -OCH3 is 1. The van der Waals surface area contributed by atoms with Crippen molar-refractivity contribution in [3.05, 3.63) is 41.7 Å². The third-order valence-corrected chi connectivity index (χ3v) is 6.83. The summed E-state index contributed by atoms with van der Waals surface area (Å²) in [7, 11) is 1.69. The smallest absolute Gasteiger partial charge is 0.252 e. The molecular weight excluding hydrogens is 410 g/mol. The van der Waals surface area contributed by atoms with Crippen LogP contribution in [-0.4, -0.2) is 47.9 Å². The molecule has 1 fully saturated rings. The molecule has 6 nitrogen and oxygen atoms in total. The van der Waals surface area contributed by atoms with Crippen LogP contribution in [0, 0.1) is 0 Å². The first-order valence-corrected chi connectivity index (χ1v) is 11.9. The molecule has 166 valence electrons. The number of nitrogens with zero attached hydrogens (tertiary/aromatic N) is 2. The van der Waals surface area contributed by atoms with E-state index in [0.29, 0.717) is 19.3 Å². The van der Waals surface area contributed by atoms with Crippen LogP contribution in [0.1, 0.15) is 55.9 Å². The molecule has 4 rings (SSSR count). The number of benzene rings is 1. The minimum atomic E-state index is 0.00150. The lowest BCUT2D eigenvalue weighted by molar-refractivity contribution is -0.00408. The molecule has 0 radical (unpaired) electrons. The molecule has 0 atom stereocenters. The lowest BCUT2D eigenvalue weighted by atomic mass is 9.92. The average molecular weight is 442 g/mol. The third-order valence-electron chi connectivity index (χ3n) is 6.01. The van der Waals surface area contributed by atoms with E-state index in [2.05, 4.69) is 47.0 Å². The molecule has 0 unspecified atom stereocenters. The van der Waals surface area contributed by atoms with Gasteiger partial charge in [0.05, 0.1) is 29.7 Å². The first-order valence-electron chi connectivity index (χ1n) is 11.0. The van der Waals surface area contributed by atoms with Crippen LogP contribution in [-0.2, 0) is 9.47 Å². The van der Waals surface area contributed by atoms with Crippen LogP contribution in [0.4, 0.5) is 0 Å². The number of hydrogen-bond acceptors (Lipinski definition) is 5. The van der Waals surface area contributed by atoms with E-state index in [1.807, 2.05) is 17.8 Å². The molecule has 31 heavy (non-hydrogen) atoms. The molecule has 2 heterocycles. The number of nitrogens with one attached hydrogen (secondary N) is 1. The van der Waals surface area contributed by atoms with Crippen molar-refractivity contribution in [3.63, 3.8) is 0 Å². The molecule has 0 saturated heterocycles. The highest BCUT2D eigenvalue weighted by molar-refractivity contribution is 7.13. The number of fused-ring (bicyclic) bond motifs is 1. The zero-order valence-corrected chi connectivity index (χ0v) is 19.3. The third kappa shape index (κ3) is 5.00. The van der Waals surface area contributed by atoms with Gasteiger partial charge in [-0.1, -0.05) is 0 Å². The second-order valence-corrected chi connectivity index (χ2v) is 9.34. The van der Waals surface area contributed by atoms with Crippen LogP contribution in [0.3, 0.4) is 0 Å². The number of rotatable bonds is 8. The fraction of sp³-hybridized carbons (Fsp3) is 0.500. The van der Waals surface area contributed by atoms with Gasteiger partial charge in [0.2, 0.25) is 0 Å². The molecule has 3 aromatic rings. The van der Waals surface area contributed by atoms with Gasteiger partial charge in [0, 0.05) is 48.1 Å². The van der Waals surface area contributed by atoms with Crippen LogP contribution in [0.15, 0.2) is 36.1 Å². The van der Waals surface area contributed by atoms with Crippen molar-refractivity contribution in [1.82, 2.24) is 14.9 Å². The molecule has 1 amide bonds. The zero-order valence-electron chi connectivity index (χ0n) is 18.5. The Morgan fingerprint density at radius 1 is 1.26 bits per heavy atom. The normalized spacial score (nSPS) is 19.2. The van der Waals surface area contributed by atoms with E-state index >= 15 is 0 Å². The van der Waals surface area contributed by atoms with Gasteiger partial charge < -0.3 is 19.4 Å². The minimum absolute atomic E-state index is 0.00150. The van der Waals surface area contributed by atoms with E-state index in [0.717, 1.165) is 52.6 Å². The zero-order chi connectivity index (χ0) is 21.8. The quantitative estimate of drug-likeness (QED) is 0.497. The van der Waals surface area contributed by atoms with Crippen molar-refractivity contribution >= 4 is 28.1 Å². The SMILES string of the molecule is COCCO[C@H]1CC[C@H](NC(=O)c2cc(-c3cncs3)cc3c2ccn3C(C)C)CC1. The highest BCUT2D eigenvalue weighted by Gasteiger charge is 2.24. The van der Waals surface area contributed by atoms with Gasteiger partial charge in [0.1, 0.15) is 0 Å². The summed E-state index contributed by atoms with van der Waals surface area (Å²) in [5.74, 6) is 0.00150.